The molecule has 1 nitrogen and oxygen atoms in total. The van der Waals surface area contributed by atoms with Gasteiger partial charge in [-0.15, -0.1) is 0 Å². The van der Waals surface area contributed by atoms with Crippen molar-refractivity contribution in [1.82, 2.24) is 0 Å². The number of nitrogens with zero attached hydrogens (tertiary/aromatic N) is 1. The molecule has 0 heterocycles. The predicted molar refractivity (Wildman–Crippen MR) is 193 cm³/mol. The van der Waals surface area contributed by atoms with Gasteiger partial charge in [-0.3, -0.25) is 0 Å². The van der Waals surface area contributed by atoms with E-state index in [1.165, 1.54) is 83.3 Å². The Kier molecular flexibility index (Phi) is 6.53. The number of fused-ring (bicyclic) bond motifs is 10. The van der Waals surface area contributed by atoms with Crippen LogP contribution < -0.4 is 4.90 Å². The molecule has 0 N–H and O–H groups in total. The van der Waals surface area contributed by atoms with Crippen molar-refractivity contribution in [3.63, 3.8) is 0 Å². The summed E-state index contributed by atoms with van der Waals surface area (Å²) in [7, 11) is 2.19. The van der Waals surface area contributed by atoms with Crippen molar-refractivity contribution in [2.24, 2.45) is 0 Å². The molecule has 0 aromatic heterocycles. The lowest BCUT2D eigenvalue weighted by Crippen LogP contribution is -2.27. The quantitative estimate of drug-likeness (QED) is 0.193. The first-order valence-electron chi connectivity index (χ1n) is 16.4. The lowest BCUT2D eigenvalue weighted by Gasteiger charge is -2.32. The molecule has 0 amide bonds. The number of anilines is 1. The van der Waals surface area contributed by atoms with E-state index in [-0.39, 0.29) is 5.41 Å². The van der Waals surface area contributed by atoms with Crippen molar-refractivity contribution in [1.29, 1.82) is 0 Å². The molecule has 0 radical (unpaired) electrons. The van der Waals surface area contributed by atoms with Crippen LogP contribution in [0, 0.1) is 0 Å². The summed E-state index contributed by atoms with van der Waals surface area (Å²) in [5, 5.41) is 2.56. The van der Waals surface area contributed by atoms with E-state index < -0.39 is 0 Å². The average Bonchev–Trinajstić information content (AvgIpc) is 3.66. The third-order valence-corrected chi connectivity index (χ3v) is 10.4. The van der Waals surface area contributed by atoms with Crippen LogP contribution in [-0.4, -0.2) is 13.6 Å². The van der Waals surface area contributed by atoms with Gasteiger partial charge in [-0.1, -0.05) is 128 Å². The molecule has 0 saturated carbocycles. The zero-order valence-corrected chi connectivity index (χ0v) is 26.7. The fraction of sp³-hybridized carbons (Fsp3) is 0.182. The highest BCUT2D eigenvalue weighted by molar-refractivity contribution is 5.99. The van der Waals surface area contributed by atoms with Crippen LogP contribution in [0.5, 0.6) is 0 Å². The summed E-state index contributed by atoms with van der Waals surface area (Å²) in [6, 6.07) is 38.6. The normalized spacial score (nSPS) is 18.0. The molecule has 1 unspecified atom stereocenters. The number of hydrogen-bond donors (Lipinski definition) is 0. The number of rotatable bonds is 6. The Balaban J connectivity index is 1.27. The Labute approximate surface area is 267 Å². The molecular weight excluding hydrogens is 542 g/mol. The summed E-state index contributed by atoms with van der Waals surface area (Å²) in [6.45, 7) is 7.62. The van der Waals surface area contributed by atoms with Crippen LogP contribution in [0.3, 0.4) is 0 Å². The lowest BCUT2D eigenvalue weighted by molar-refractivity contribution is 0.732. The second kappa shape index (κ2) is 10.6. The topological polar surface area (TPSA) is 3.24 Å². The molecule has 5 aromatic carbocycles. The van der Waals surface area contributed by atoms with E-state index in [2.05, 4.69) is 160 Å². The fourth-order valence-corrected chi connectivity index (χ4v) is 8.55. The minimum atomic E-state index is -0.270. The maximum absolute atomic E-state index is 2.46. The van der Waals surface area contributed by atoms with Crippen LogP contribution >= 0.6 is 0 Å². The smallest absolute Gasteiger partial charge is 0.0688 e. The number of allylic oxidation sites excluding steroid dienone is 7. The van der Waals surface area contributed by atoms with E-state index in [9.17, 15) is 0 Å². The van der Waals surface area contributed by atoms with Gasteiger partial charge < -0.3 is 4.90 Å². The van der Waals surface area contributed by atoms with E-state index in [1.807, 2.05) is 0 Å². The molecule has 0 bridgehead atoms. The zero-order chi connectivity index (χ0) is 30.7. The third kappa shape index (κ3) is 3.93. The van der Waals surface area contributed by atoms with E-state index in [4.69, 9.17) is 0 Å². The lowest BCUT2D eigenvalue weighted by atomic mass is 9.68. The molecule has 8 rings (SSSR count). The van der Waals surface area contributed by atoms with Gasteiger partial charge in [0, 0.05) is 19.3 Å². The van der Waals surface area contributed by atoms with Crippen molar-refractivity contribution in [2.45, 2.75) is 39.0 Å². The van der Waals surface area contributed by atoms with Crippen LogP contribution in [0.4, 0.5) is 5.69 Å². The summed E-state index contributed by atoms with van der Waals surface area (Å²) in [5.74, 6) is 0. The monoisotopic (exact) mass is 581 g/mol. The second-order valence-corrected chi connectivity index (χ2v) is 12.8. The molecule has 1 spiro atoms. The van der Waals surface area contributed by atoms with Gasteiger partial charge in [0.1, 0.15) is 0 Å². The van der Waals surface area contributed by atoms with Crippen molar-refractivity contribution in [2.75, 3.05) is 18.5 Å². The molecule has 5 aromatic rings. The van der Waals surface area contributed by atoms with Gasteiger partial charge in [0.15, 0.2) is 0 Å². The van der Waals surface area contributed by atoms with Gasteiger partial charge >= 0.3 is 0 Å². The van der Waals surface area contributed by atoms with Crippen LogP contribution in [0.2, 0.25) is 0 Å². The third-order valence-electron chi connectivity index (χ3n) is 10.4. The van der Waals surface area contributed by atoms with Crippen LogP contribution in [0.25, 0.3) is 33.0 Å². The summed E-state index contributed by atoms with van der Waals surface area (Å²) >= 11 is 0. The molecule has 0 fully saturated rings. The molecule has 0 aliphatic heterocycles. The molecule has 3 aliphatic carbocycles. The molecular formula is C44H39N. The SMILES string of the molecule is C/C=C\C1=C(C)Cc2c1ccc1c2-c2ccccc2C12C(CC)=C(/C=C\CN(C)c1ccc3ccccc3c1)c1ccccc12. The van der Waals surface area contributed by atoms with Gasteiger partial charge in [-0.25, -0.2) is 0 Å². The first-order chi connectivity index (χ1) is 22.1. The van der Waals surface area contributed by atoms with Gasteiger partial charge in [0.25, 0.3) is 0 Å². The second-order valence-electron chi connectivity index (χ2n) is 12.8. The van der Waals surface area contributed by atoms with E-state index in [0.29, 0.717) is 0 Å². The van der Waals surface area contributed by atoms with E-state index in [1.54, 1.807) is 0 Å². The van der Waals surface area contributed by atoms with Crippen molar-refractivity contribution >= 4 is 27.6 Å². The minimum Gasteiger partial charge on any atom is -0.371 e. The standard InChI is InChI=1S/C44H39N/c1-5-14-33-29(3)27-38-34(33)24-25-42-43(38)37-18-10-12-21-41(37)44(42)39(6-2)35(36-17-9-11-20-40(36)44)19-13-26-45(4)32-23-22-30-15-7-8-16-31(30)28-32/h5,7-25,28H,6,26-27H2,1-4H3/b14-5-,19-13-. The molecule has 1 atom stereocenters. The molecule has 3 aliphatic rings. The summed E-state index contributed by atoms with van der Waals surface area (Å²) in [5.41, 5.74) is 18.2. The van der Waals surface area contributed by atoms with Crippen LogP contribution in [0.1, 0.15) is 60.6 Å². The van der Waals surface area contributed by atoms with E-state index in [0.717, 1.165) is 19.4 Å². The zero-order valence-electron chi connectivity index (χ0n) is 26.7. The summed E-state index contributed by atoms with van der Waals surface area (Å²) < 4.78 is 0. The Bertz CT molecular complexity index is 2130. The summed E-state index contributed by atoms with van der Waals surface area (Å²) in [6.07, 6.45) is 11.2. The first-order valence-corrected chi connectivity index (χ1v) is 16.4. The predicted octanol–water partition coefficient (Wildman–Crippen LogP) is 10.9. The Hall–Kier alpha value is -4.88. The Morgan fingerprint density at radius 1 is 0.711 bits per heavy atom. The largest absolute Gasteiger partial charge is 0.371 e. The maximum Gasteiger partial charge on any atom is 0.0688 e. The number of likely N-dealkylation sites (N-methyl/N-ethyl adjacent to an activating group) is 1. The molecule has 0 saturated heterocycles. The highest BCUT2D eigenvalue weighted by atomic mass is 15.1. The maximum atomic E-state index is 2.46. The highest BCUT2D eigenvalue weighted by Crippen LogP contribution is 2.64. The first kappa shape index (κ1) is 27.7. The van der Waals surface area contributed by atoms with Gasteiger partial charge in [0.2, 0.25) is 0 Å². The average molecular weight is 582 g/mol. The van der Waals surface area contributed by atoms with Gasteiger partial charge in [-0.05, 0) is 111 Å². The highest BCUT2D eigenvalue weighted by Gasteiger charge is 2.52. The van der Waals surface area contributed by atoms with Gasteiger partial charge in [0.05, 0.1) is 5.41 Å². The van der Waals surface area contributed by atoms with Gasteiger partial charge in [-0.2, -0.15) is 0 Å². The molecule has 220 valence electrons. The van der Waals surface area contributed by atoms with Crippen molar-refractivity contribution in [3.05, 3.63) is 172 Å². The Morgan fingerprint density at radius 3 is 2.20 bits per heavy atom. The van der Waals surface area contributed by atoms with Crippen LogP contribution in [-0.2, 0) is 11.8 Å². The van der Waals surface area contributed by atoms with E-state index >= 15 is 0 Å². The number of benzene rings is 5. The Morgan fingerprint density at radius 2 is 1.42 bits per heavy atom. The molecule has 1 heteroatoms. The molecule has 45 heavy (non-hydrogen) atoms. The van der Waals surface area contributed by atoms with Crippen molar-refractivity contribution < 1.29 is 0 Å². The fourth-order valence-electron chi connectivity index (χ4n) is 8.55. The van der Waals surface area contributed by atoms with Crippen molar-refractivity contribution in [3.8, 4) is 11.1 Å². The minimum absolute atomic E-state index is 0.270. The summed E-state index contributed by atoms with van der Waals surface area (Å²) in [4.78, 5) is 2.34. The van der Waals surface area contributed by atoms with Crippen LogP contribution in [0.15, 0.2) is 139 Å². The number of hydrogen-bond acceptors (Lipinski definition) is 1.